The fraction of sp³-hybridized carbons (Fsp3) is 0.500. The van der Waals surface area contributed by atoms with E-state index in [4.69, 9.17) is 11.6 Å². The number of halogens is 1. The normalized spacial score (nSPS) is 14.2. The maximum Gasteiger partial charge on any atom is 0.250 e. The minimum Gasteiger partial charge on any atom is -0.208 e. The van der Waals surface area contributed by atoms with Crippen LogP contribution < -0.4 is 4.72 Å². The van der Waals surface area contributed by atoms with Crippen molar-refractivity contribution in [2.45, 2.75) is 30.5 Å². The third-order valence-corrected chi connectivity index (χ3v) is 5.09. The SMILES string of the molecule is CCC(C)NS(=O)(=O)c1ccc(Cl)s1. The van der Waals surface area contributed by atoms with E-state index >= 15 is 0 Å². The molecular weight excluding hydrogens is 242 g/mol. The predicted molar refractivity (Wildman–Crippen MR) is 59.4 cm³/mol. The number of thiophene rings is 1. The molecule has 0 amide bonds. The van der Waals surface area contributed by atoms with Crippen molar-refractivity contribution in [3.8, 4) is 0 Å². The molecule has 0 aliphatic rings. The van der Waals surface area contributed by atoms with E-state index in [1.165, 1.54) is 6.07 Å². The molecule has 1 aromatic rings. The molecule has 1 N–H and O–H groups in total. The first kappa shape index (κ1) is 12.0. The highest BCUT2D eigenvalue weighted by molar-refractivity contribution is 7.91. The molecular formula is C8H12ClNO2S2. The molecule has 0 radical (unpaired) electrons. The average molecular weight is 254 g/mol. The Balaban J connectivity index is 2.86. The van der Waals surface area contributed by atoms with Crippen LogP contribution in [0, 0.1) is 0 Å². The van der Waals surface area contributed by atoms with Crippen molar-refractivity contribution < 1.29 is 8.42 Å². The monoisotopic (exact) mass is 253 g/mol. The second-order valence-corrected chi connectivity index (χ2v) is 6.65. The number of nitrogens with one attached hydrogen (secondary N) is 1. The fourth-order valence-electron chi connectivity index (χ4n) is 0.848. The maximum atomic E-state index is 11.7. The first-order valence-electron chi connectivity index (χ1n) is 4.23. The van der Waals surface area contributed by atoms with Crippen LogP contribution in [0.3, 0.4) is 0 Å². The van der Waals surface area contributed by atoms with Gasteiger partial charge >= 0.3 is 0 Å². The van der Waals surface area contributed by atoms with Crippen molar-refractivity contribution in [3.05, 3.63) is 16.5 Å². The molecule has 0 spiro atoms. The average Bonchev–Trinajstić information content (AvgIpc) is 2.51. The van der Waals surface area contributed by atoms with Gasteiger partial charge in [-0.2, -0.15) is 0 Å². The third-order valence-electron chi connectivity index (χ3n) is 1.78. The van der Waals surface area contributed by atoms with Crippen LogP contribution in [-0.2, 0) is 10.0 Å². The van der Waals surface area contributed by atoms with Crippen LogP contribution >= 0.6 is 22.9 Å². The number of hydrogen-bond acceptors (Lipinski definition) is 3. The van der Waals surface area contributed by atoms with Gasteiger partial charge in [0.2, 0.25) is 10.0 Å². The van der Waals surface area contributed by atoms with Crippen LogP contribution in [0.1, 0.15) is 20.3 Å². The topological polar surface area (TPSA) is 46.2 Å². The molecule has 0 aromatic carbocycles. The highest BCUT2D eigenvalue weighted by atomic mass is 35.5. The molecule has 1 heterocycles. The van der Waals surface area contributed by atoms with Gasteiger partial charge < -0.3 is 0 Å². The Morgan fingerprint density at radius 3 is 2.64 bits per heavy atom. The smallest absolute Gasteiger partial charge is 0.208 e. The lowest BCUT2D eigenvalue weighted by Gasteiger charge is -2.10. The standard InChI is InChI=1S/C8H12ClNO2S2/c1-3-6(2)10-14(11,12)8-5-4-7(9)13-8/h4-6,10H,3H2,1-2H3. The Kier molecular flexibility index (Phi) is 3.94. The summed E-state index contributed by atoms with van der Waals surface area (Å²) < 4.78 is 26.6. The van der Waals surface area contributed by atoms with Gasteiger partial charge in [0.25, 0.3) is 0 Å². The van der Waals surface area contributed by atoms with Gasteiger partial charge in [0.05, 0.1) is 4.34 Å². The van der Waals surface area contributed by atoms with E-state index in [2.05, 4.69) is 4.72 Å². The van der Waals surface area contributed by atoms with Crippen LogP contribution in [0.15, 0.2) is 16.3 Å². The van der Waals surface area contributed by atoms with Gasteiger partial charge in [0.15, 0.2) is 0 Å². The Morgan fingerprint density at radius 1 is 1.57 bits per heavy atom. The quantitative estimate of drug-likeness (QED) is 0.896. The summed E-state index contributed by atoms with van der Waals surface area (Å²) in [6.45, 7) is 3.75. The molecule has 0 saturated carbocycles. The summed E-state index contributed by atoms with van der Waals surface area (Å²) in [6, 6.07) is 3.04. The van der Waals surface area contributed by atoms with E-state index in [9.17, 15) is 8.42 Å². The molecule has 14 heavy (non-hydrogen) atoms. The molecule has 0 aliphatic heterocycles. The summed E-state index contributed by atoms with van der Waals surface area (Å²) in [5.74, 6) is 0. The molecule has 6 heteroatoms. The zero-order chi connectivity index (χ0) is 10.8. The van der Waals surface area contributed by atoms with E-state index in [-0.39, 0.29) is 10.3 Å². The van der Waals surface area contributed by atoms with Crippen molar-refractivity contribution in [1.29, 1.82) is 0 Å². The van der Waals surface area contributed by atoms with Crippen LogP contribution in [0.2, 0.25) is 4.34 Å². The van der Waals surface area contributed by atoms with Crippen LogP contribution in [0.5, 0.6) is 0 Å². The first-order valence-corrected chi connectivity index (χ1v) is 6.91. The summed E-state index contributed by atoms with van der Waals surface area (Å²) in [7, 11) is -3.37. The summed E-state index contributed by atoms with van der Waals surface area (Å²) in [6.07, 6.45) is 0.762. The van der Waals surface area contributed by atoms with Gasteiger partial charge in [-0.05, 0) is 25.5 Å². The zero-order valence-corrected chi connectivity index (χ0v) is 10.3. The minimum absolute atomic E-state index is 0.0547. The molecule has 0 aliphatic carbocycles. The molecule has 1 aromatic heterocycles. The Labute approximate surface area is 93.1 Å². The summed E-state index contributed by atoms with van der Waals surface area (Å²) in [5, 5.41) is 0. The molecule has 1 atom stereocenters. The third kappa shape index (κ3) is 2.95. The van der Waals surface area contributed by atoms with E-state index in [1.807, 2.05) is 13.8 Å². The van der Waals surface area contributed by atoms with E-state index < -0.39 is 10.0 Å². The lowest BCUT2D eigenvalue weighted by molar-refractivity contribution is 0.558. The van der Waals surface area contributed by atoms with Gasteiger partial charge in [-0.3, -0.25) is 0 Å². The molecule has 0 saturated heterocycles. The Hall–Kier alpha value is -0.100. The minimum atomic E-state index is -3.37. The van der Waals surface area contributed by atoms with Crippen molar-refractivity contribution in [2.24, 2.45) is 0 Å². The lowest BCUT2D eigenvalue weighted by atomic mass is 10.3. The lowest BCUT2D eigenvalue weighted by Crippen LogP contribution is -2.31. The second kappa shape index (κ2) is 4.61. The Morgan fingerprint density at radius 2 is 2.21 bits per heavy atom. The molecule has 0 bridgehead atoms. The van der Waals surface area contributed by atoms with Crippen LogP contribution in [0.4, 0.5) is 0 Å². The molecule has 1 rings (SSSR count). The van der Waals surface area contributed by atoms with Crippen LogP contribution in [-0.4, -0.2) is 14.5 Å². The summed E-state index contributed by atoms with van der Waals surface area (Å²) in [5.41, 5.74) is 0. The Bertz CT molecular complexity index is 399. The highest BCUT2D eigenvalue weighted by Crippen LogP contribution is 2.25. The summed E-state index contributed by atoms with van der Waals surface area (Å²) >= 11 is 6.73. The number of sulfonamides is 1. The predicted octanol–water partition coefficient (Wildman–Crippen LogP) is 2.48. The fourth-order valence-corrected chi connectivity index (χ4v) is 3.67. The molecule has 80 valence electrons. The van der Waals surface area contributed by atoms with Crippen molar-refractivity contribution in [1.82, 2.24) is 4.72 Å². The van der Waals surface area contributed by atoms with Crippen molar-refractivity contribution in [3.63, 3.8) is 0 Å². The first-order chi connectivity index (χ1) is 6.45. The van der Waals surface area contributed by atoms with E-state index in [0.717, 1.165) is 17.8 Å². The van der Waals surface area contributed by atoms with Gasteiger partial charge in [-0.1, -0.05) is 18.5 Å². The highest BCUT2D eigenvalue weighted by Gasteiger charge is 2.18. The largest absolute Gasteiger partial charge is 0.250 e. The van der Waals surface area contributed by atoms with Crippen molar-refractivity contribution >= 4 is 33.0 Å². The zero-order valence-electron chi connectivity index (χ0n) is 7.95. The molecule has 3 nitrogen and oxygen atoms in total. The summed E-state index contributed by atoms with van der Waals surface area (Å²) in [4.78, 5) is 0. The van der Waals surface area contributed by atoms with Gasteiger partial charge in [0, 0.05) is 6.04 Å². The van der Waals surface area contributed by atoms with E-state index in [1.54, 1.807) is 6.07 Å². The van der Waals surface area contributed by atoms with Crippen LogP contribution in [0.25, 0.3) is 0 Å². The van der Waals surface area contributed by atoms with Gasteiger partial charge in [-0.15, -0.1) is 11.3 Å². The van der Waals surface area contributed by atoms with Gasteiger partial charge in [0.1, 0.15) is 4.21 Å². The number of hydrogen-bond donors (Lipinski definition) is 1. The second-order valence-electron chi connectivity index (χ2n) is 2.99. The maximum absolute atomic E-state index is 11.7. The number of rotatable bonds is 4. The molecule has 1 unspecified atom stereocenters. The van der Waals surface area contributed by atoms with Gasteiger partial charge in [-0.25, -0.2) is 13.1 Å². The van der Waals surface area contributed by atoms with E-state index in [0.29, 0.717) is 4.34 Å². The van der Waals surface area contributed by atoms with Crippen molar-refractivity contribution in [2.75, 3.05) is 0 Å². The molecule has 0 fully saturated rings.